The zero-order valence-electron chi connectivity index (χ0n) is 30.1. The number of allylic oxidation sites excluding steroid dienone is 2. The van der Waals surface area contributed by atoms with Crippen LogP contribution in [0, 0.1) is 0 Å². The number of hydrogen-bond acceptors (Lipinski definition) is 2. The summed E-state index contributed by atoms with van der Waals surface area (Å²) >= 11 is 0. The van der Waals surface area contributed by atoms with E-state index in [9.17, 15) is 9.90 Å². The third-order valence-electron chi connectivity index (χ3n) is 9.03. The maximum absolute atomic E-state index is 12.8. The van der Waals surface area contributed by atoms with Gasteiger partial charge in [0, 0.05) is 15.0 Å². The van der Waals surface area contributed by atoms with Crippen LogP contribution in [0.2, 0.25) is 0 Å². The van der Waals surface area contributed by atoms with Crippen LogP contribution in [-0.4, -0.2) is 48.1 Å². The van der Waals surface area contributed by atoms with Crippen molar-refractivity contribution >= 4 is 14.1 Å². The molecule has 0 aliphatic rings. The molecule has 3 unspecified atom stereocenters. The number of hydrogen-bond donors (Lipinski definition) is 1. The molecule has 3 nitrogen and oxygen atoms in total. The molecule has 0 amide bonds. The van der Waals surface area contributed by atoms with Crippen LogP contribution in [-0.2, 0) is 4.79 Å². The van der Waals surface area contributed by atoms with Gasteiger partial charge in [0.2, 0.25) is 0 Å². The van der Waals surface area contributed by atoms with Crippen molar-refractivity contribution in [2.75, 3.05) is 21.1 Å². The molecule has 43 heavy (non-hydrogen) atoms. The molecule has 0 saturated heterocycles. The Labute approximate surface area is 273 Å². The summed E-state index contributed by atoms with van der Waals surface area (Å²) in [6.45, 7) is 4.56. The summed E-state index contributed by atoms with van der Waals surface area (Å²) < 4.78 is 0.677. The summed E-state index contributed by atoms with van der Waals surface area (Å²) in [6, 6.07) is 0. The number of rotatable bonds is 34. The molecule has 0 radical (unpaired) electrons. The van der Waals surface area contributed by atoms with Crippen molar-refractivity contribution in [1.29, 1.82) is 0 Å². The van der Waals surface area contributed by atoms with Crippen molar-refractivity contribution in [2.24, 2.45) is 0 Å². The number of carbonyl (C=O) groups excluding carboxylic acids is 1. The molecule has 256 valence electrons. The van der Waals surface area contributed by atoms with Crippen molar-refractivity contribution in [1.82, 2.24) is 0 Å². The molecular formula is C39H79NO2P+. The Kier molecular flexibility index (Phi) is 31.6. The summed E-state index contributed by atoms with van der Waals surface area (Å²) in [5.41, 5.74) is 0.376. The molecule has 0 aliphatic heterocycles. The van der Waals surface area contributed by atoms with E-state index in [-0.39, 0.29) is 20.5 Å². The second-order valence-electron chi connectivity index (χ2n) is 14.4. The molecule has 0 bridgehead atoms. The minimum Gasteiger partial charge on any atom is -0.387 e. The SMILES string of the molecule is CCCCCCCC/C=C\CCCCCCCCC(O)C(PC(=O)CCCCCCCCCCCCCCC)[N+](C)(C)C. The van der Waals surface area contributed by atoms with Gasteiger partial charge < -0.3 is 9.59 Å². The lowest BCUT2D eigenvalue weighted by Crippen LogP contribution is -2.49. The predicted octanol–water partition coefficient (Wildman–Crippen LogP) is 12.5. The largest absolute Gasteiger partial charge is 0.387 e. The number of aliphatic hydroxyl groups excluding tert-OH is 1. The number of aliphatic hydroxyl groups is 1. The topological polar surface area (TPSA) is 37.3 Å². The molecule has 0 aromatic carbocycles. The molecule has 0 aromatic heterocycles. The highest BCUT2D eigenvalue weighted by Gasteiger charge is 2.33. The number of likely N-dealkylation sites (N-methyl/N-ethyl adjacent to an activating group) is 1. The molecule has 0 heterocycles. The zero-order chi connectivity index (χ0) is 31.9. The quantitative estimate of drug-likeness (QED) is 0.0335. The Morgan fingerprint density at radius 2 is 0.907 bits per heavy atom. The van der Waals surface area contributed by atoms with E-state index >= 15 is 0 Å². The van der Waals surface area contributed by atoms with Crippen LogP contribution in [0.1, 0.15) is 200 Å². The summed E-state index contributed by atoms with van der Waals surface area (Å²) in [4.78, 5) is 12.8. The Bertz CT molecular complexity index is 615. The summed E-state index contributed by atoms with van der Waals surface area (Å²) in [6.07, 6.45) is 41.6. The molecule has 1 N–H and O–H groups in total. The number of carbonyl (C=O) groups is 1. The normalized spacial score (nSPS) is 13.9. The highest BCUT2D eigenvalue weighted by molar-refractivity contribution is 7.58. The van der Waals surface area contributed by atoms with Gasteiger partial charge in [-0.25, -0.2) is 0 Å². The maximum Gasteiger partial charge on any atom is 0.157 e. The third-order valence-corrected chi connectivity index (χ3v) is 11.1. The van der Waals surface area contributed by atoms with Crippen LogP contribution in [0.3, 0.4) is 0 Å². The van der Waals surface area contributed by atoms with Crippen molar-refractivity contribution < 1.29 is 14.4 Å². The van der Waals surface area contributed by atoms with Crippen LogP contribution in [0.5, 0.6) is 0 Å². The van der Waals surface area contributed by atoms with Gasteiger partial charge in [-0.1, -0.05) is 167 Å². The van der Waals surface area contributed by atoms with Gasteiger partial charge in [-0.15, -0.1) is 0 Å². The summed E-state index contributed by atoms with van der Waals surface area (Å²) in [5.74, 6) is 0.0394. The highest BCUT2D eigenvalue weighted by Crippen LogP contribution is 2.32. The summed E-state index contributed by atoms with van der Waals surface area (Å²) in [5, 5.41) is 11.0. The number of nitrogens with zero attached hydrogens (tertiary/aromatic N) is 1. The van der Waals surface area contributed by atoms with Crippen LogP contribution in [0.15, 0.2) is 12.2 Å². The first-order chi connectivity index (χ1) is 20.8. The molecule has 0 spiro atoms. The van der Waals surface area contributed by atoms with Gasteiger partial charge in [0.15, 0.2) is 5.52 Å². The first kappa shape index (κ1) is 42.8. The van der Waals surface area contributed by atoms with Crippen molar-refractivity contribution in [3.8, 4) is 0 Å². The van der Waals surface area contributed by atoms with Gasteiger partial charge in [0.1, 0.15) is 11.9 Å². The van der Waals surface area contributed by atoms with Crippen molar-refractivity contribution in [3.05, 3.63) is 12.2 Å². The molecule has 0 aliphatic carbocycles. The number of quaternary nitrogens is 1. The maximum atomic E-state index is 12.8. The molecule has 0 aromatic rings. The predicted molar refractivity (Wildman–Crippen MR) is 196 cm³/mol. The average molecular weight is 625 g/mol. The number of unbranched alkanes of at least 4 members (excludes halogenated alkanes) is 24. The standard InChI is InChI=1S/C39H79NO2P/c1-6-8-10-12-14-16-18-20-21-22-24-25-27-29-31-33-35-37(41)39(40(3,4)5)43-38(42)36-34-32-30-28-26-23-19-17-15-13-11-9-7-2/h20-21,37,39,41,43H,6-19,22-36H2,1-5H3/q+1/b21-20-. The third kappa shape index (κ3) is 30.2. The van der Waals surface area contributed by atoms with E-state index in [0.29, 0.717) is 16.4 Å². The second-order valence-corrected chi connectivity index (χ2v) is 15.9. The van der Waals surface area contributed by atoms with Gasteiger partial charge in [-0.2, -0.15) is 0 Å². The minimum atomic E-state index is -0.370. The lowest BCUT2D eigenvalue weighted by atomic mass is 10.0. The average Bonchev–Trinajstić information content (AvgIpc) is 2.97. The molecule has 0 rings (SSSR count). The Balaban J connectivity index is 3.82. The first-order valence-electron chi connectivity index (χ1n) is 19.3. The van der Waals surface area contributed by atoms with Crippen LogP contribution >= 0.6 is 8.58 Å². The van der Waals surface area contributed by atoms with E-state index < -0.39 is 0 Å². The van der Waals surface area contributed by atoms with Gasteiger partial charge >= 0.3 is 0 Å². The Morgan fingerprint density at radius 3 is 1.30 bits per heavy atom. The monoisotopic (exact) mass is 625 g/mol. The molecular weight excluding hydrogens is 545 g/mol. The fourth-order valence-corrected chi connectivity index (χ4v) is 7.50. The molecule has 4 heteroatoms. The van der Waals surface area contributed by atoms with Crippen LogP contribution in [0.4, 0.5) is 0 Å². The lowest BCUT2D eigenvalue weighted by molar-refractivity contribution is -0.884. The lowest BCUT2D eigenvalue weighted by Gasteiger charge is -2.36. The Hall–Kier alpha value is -0.240. The van der Waals surface area contributed by atoms with Gasteiger partial charge in [-0.05, 0) is 38.5 Å². The minimum absolute atomic E-state index is 0.0394. The van der Waals surface area contributed by atoms with Gasteiger partial charge in [0.25, 0.3) is 0 Å². The van der Waals surface area contributed by atoms with Crippen LogP contribution in [0.25, 0.3) is 0 Å². The molecule has 0 saturated carbocycles. The van der Waals surface area contributed by atoms with Crippen molar-refractivity contribution in [3.63, 3.8) is 0 Å². The Morgan fingerprint density at radius 1 is 0.558 bits per heavy atom. The highest BCUT2D eigenvalue weighted by atomic mass is 31.1. The second kappa shape index (κ2) is 31.7. The fraction of sp³-hybridized carbons (Fsp3) is 0.923. The van der Waals surface area contributed by atoms with Gasteiger partial charge in [-0.3, -0.25) is 4.79 Å². The van der Waals surface area contributed by atoms with E-state index in [1.54, 1.807) is 0 Å². The van der Waals surface area contributed by atoms with E-state index in [1.165, 1.54) is 161 Å². The smallest absolute Gasteiger partial charge is 0.157 e. The van der Waals surface area contributed by atoms with Gasteiger partial charge in [0.05, 0.1) is 21.1 Å². The zero-order valence-corrected chi connectivity index (χ0v) is 31.1. The summed E-state index contributed by atoms with van der Waals surface area (Å²) in [7, 11) is 6.65. The first-order valence-corrected chi connectivity index (χ1v) is 20.3. The van der Waals surface area contributed by atoms with E-state index in [2.05, 4.69) is 47.1 Å². The van der Waals surface area contributed by atoms with Crippen molar-refractivity contribution in [2.45, 2.75) is 212 Å². The van der Waals surface area contributed by atoms with E-state index in [1.807, 2.05) is 0 Å². The molecule has 0 fully saturated rings. The van der Waals surface area contributed by atoms with Crippen LogP contribution < -0.4 is 0 Å². The fourth-order valence-electron chi connectivity index (χ4n) is 6.11. The molecule has 3 atom stereocenters. The van der Waals surface area contributed by atoms with E-state index in [4.69, 9.17) is 0 Å². The van der Waals surface area contributed by atoms with E-state index in [0.717, 1.165) is 19.3 Å².